The number of carboxylic acids is 1. The monoisotopic (exact) mass is 428 g/mol. The lowest BCUT2D eigenvalue weighted by molar-refractivity contribution is -0.138. The van der Waals surface area contributed by atoms with Crippen molar-refractivity contribution in [3.8, 4) is 0 Å². The first-order chi connectivity index (χ1) is 13.9. The van der Waals surface area contributed by atoms with E-state index >= 15 is 0 Å². The van der Waals surface area contributed by atoms with Crippen LogP contribution in [0.4, 0.5) is 11.4 Å². The quantitative estimate of drug-likeness (QED) is 0.576. The molecule has 2 unspecified atom stereocenters. The Labute approximate surface area is 177 Å². The molecule has 0 saturated heterocycles. The number of carboxylic acid groups (broad SMARTS) is 1. The van der Waals surface area contributed by atoms with Crippen LogP contribution in [0, 0.1) is 0 Å². The van der Waals surface area contributed by atoms with Crippen LogP contribution in [-0.4, -0.2) is 23.0 Å². The van der Waals surface area contributed by atoms with Gasteiger partial charge in [0.2, 0.25) is 5.91 Å². The Morgan fingerprint density at radius 1 is 1.10 bits per heavy atom. The van der Waals surface area contributed by atoms with E-state index in [1.54, 1.807) is 17.0 Å². The highest BCUT2D eigenvalue weighted by atomic mass is 35.5. The smallest absolute Gasteiger partial charge is 0.326 e. The van der Waals surface area contributed by atoms with Crippen LogP contribution < -0.4 is 10.2 Å². The third-order valence-corrected chi connectivity index (χ3v) is 5.72. The zero-order chi connectivity index (χ0) is 20.7. The van der Waals surface area contributed by atoms with Crippen molar-refractivity contribution in [2.75, 3.05) is 10.2 Å². The lowest BCUT2D eigenvalue weighted by Gasteiger charge is -2.39. The SMILES string of the molecule is CC(=O)N(c1cccc2ccccc12)C1CC(C(=O)O)Nc2cc(Cl)cc(Cl)c21. The van der Waals surface area contributed by atoms with Gasteiger partial charge < -0.3 is 15.3 Å². The highest BCUT2D eigenvalue weighted by Gasteiger charge is 2.38. The first-order valence-corrected chi connectivity index (χ1v) is 9.88. The summed E-state index contributed by atoms with van der Waals surface area (Å²) in [4.78, 5) is 26.3. The molecule has 7 heteroatoms. The van der Waals surface area contributed by atoms with E-state index in [1.807, 2.05) is 42.5 Å². The van der Waals surface area contributed by atoms with Crippen molar-refractivity contribution in [3.63, 3.8) is 0 Å². The summed E-state index contributed by atoms with van der Waals surface area (Å²) in [6.45, 7) is 1.48. The number of aliphatic carboxylic acids is 1. The van der Waals surface area contributed by atoms with Crippen molar-refractivity contribution in [2.24, 2.45) is 0 Å². The number of halogens is 2. The van der Waals surface area contributed by atoms with E-state index in [0.717, 1.165) is 10.8 Å². The fraction of sp³-hybridized carbons (Fsp3) is 0.182. The number of hydrogen-bond acceptors (Lipinski definition) is 3. The van der Waals surface area contributed by atoms with E-state index in [9.17, 15) is 14.7 Å². The van der Waals surface area contributed by atoms with Crippen molar-refractivity contribution < 1.29 is 14.7 Å². The van der Waals surface area contributed by atoms with Gasteiger partial charge in [0.1, 0.15) is 6.04 Å². The molecule has 0 bridgehead atoms. The minimum atomic E-state index is -1.00. The average molecular weight is 429 g/mol. The molecule has 3 aromatic rings. The van der Waals surface area contributed by atoms with Crippen molar-refractivity contribution in [2.45, 2.75) is 25.4 Å². The summed E-state index contributed by atoms with van der Waals surface area (Å²) >= 11 is 12.7. The number of benzene rings is 3. The average Bonchev–Trinajstić information content (AvgIpc) is 2.67. The standard InChI is InChI=1S/C22H18Cl2N2O3/c1-12(27)26(19-8-4-6-13-5-2-3-7-15(13)19)20-11-18(22(28)29)25-17-10-14(23)9-16(24)21(17)20/h2-10,18,20,25H,11H2,1H3,(H,28,29). The molecule has 0 fully saturated rings. The van der Waals surface area contributed by atoms with Gasteiger partial charge in [-0.25, -0.2) is 4.79 Å². The second-order valence-corrected chi connectivity index (χ2v) is 7.87. The minimum Gasteiger partial charge on any atom is -0.480 e. The van der Waals surface area contributed by atoms with E-state index in [-0.39, 0.29) is 12.3 Å². The van der Waals surface area contributed by atoms with Crippen LogP contribution in [0.2, 0.25) is 10.0 Å². The van der Waals surface area contributed by atoms with Gasteiger partial charge in [0.05, 0.1) is 11.7 Å². The number of rotatable bonds is 3. The summed E-state index contributed by atoms with van der Waals surface area (Å²) in [7, 11) is 0. The number of anilines is 2. The third-order valence-electron chi connectivity index (χ3n) is 5.19. The molecule has 0 saturated carbocycles. The Balaban J connectivity index is 1.94. The van der Waals surface area contributed by atoms with Gasteiger partial charge in [-0.3, -0.25) is 4.79 Å². The van der Waals surface area contributed by atoms with Crippen LogP contribution in [0.25, 0.3) is 10.8 Å². The van der Waals surface area contributed by atoms with Gasteiger partial charge in [0.25, 0.3) is 0 Å². The highest BCUT2D eigenvalue weighted by molar-refractivity contribution is 6.35. The summed E-state index contributed by atoms with van der Waals surface area (Å²) in [6.07, 6.45) is 0.173. The number of carbonyl (C=O) groups is 2. The molecule has 1 heterocycles. The van der Waals surface area contributed by atoms with Crippen molar-refractivity contribution in [1.82, 2.24) is 0 Å². The maximum Gasteiger partial charge on any atom is 0.326 e. The highest BCUT2D eigenvalue weighted by Crippen LogP contribution is 2.45. The molecule has 1 aliphatic rings. The van der Waals surface area contributed by atoms with E-state index in [4.69, 9.17) is 23.2 Å². The predicted octanol–water partition coefficient (Wildman–Crippen LogP) is 5.51. The van der Waals surface area contributed by atoms with Crippen molar-refractivity contribution in [1.29, 1.82) is 0 Å². The Hall–Kier alpha value is -2.76. The summed E-state index contributed by atoms with van der Waals surface area (Å²) in [6, 6.07) is 15.3. The second-order valence-electron chi connectivity index (χ2n) is 7.02. The number of fused-ring (bicyclic) bond motifs is 2. The summed E-state index contributed by atoms with van der Waals surface area (Å²) in [5.41, 5.74) is 1.90. The zero-order valence-electron chi connectivity index (χ0n) is 15.5. The van der Waals surface area contributed by atoms with E-state index in [2.05, 4.69) is 5.32 Å². The van der Waals surface area contributed by atoms with Crippen LogP contribution in [0.3, 0.4) is 0 Å². The molecular weight excluding hydrogens is 411 g/mol. The lowest BCUT2D eigenvalue weighted by Crippen LogP contribution is -2.43. The molecule has 0 aromatic heterocycles. The first-order valence-electron chi connectivity index (χ1n) is 9.12. The number of carbonyl (C=O) groups excluding carboxylic acids is 1. The van der Waals surface area contributed by atoms with E-state index in [0.29, 0.717) is 27.0 Å². The van der Waals surface area contributed by atoms with Gasteiger partial charge >= 0.3 is 5.97 Å². The van der Waals surface area contributed by atoms with Crippen molar-refractivity contribution >= 4 is 57.2 Å². The summed E-state index contributed by atoms with van der Waals surface area (Å²) in [5, 5.41) is 15.3. The molecule has 4 rings (SSSR count). The number of nitrogens with one attached hydrogen (secondary N) is 1. The van der Waals surface area contributed by atoms with Crippen LogP contribution in [-0.2, 0) is 9.59 Å². The minimum absolute atomic E-state index is 0.173. The Bertz CT molecular complexity index is 1130. The molecule has 148 valence electrons. The topological polar surface area (TPSA) is 69.6 Å². The summed E-state index contributed by atoms with van der Waals surface area (Å²) in [5.74, 6) is -1.20. The number of hydrogen-bond donors (Lipinski definition) is 2. The lowest BCUT2D eigenvalue weighted by atomic mass is 9.90. The number of nitrogens with zero attached hydrogens (tertiary/aromatic N) is 1. The molecule has 29 heavy (non-hydrogen) atoms. The molecule has 0 aliphatic carbocycles. The Kier molecular flexibility index (Phi) is 5.11. The van der Waals surface area contributed by atoms with Crippen LogP contribution in [0.5, 0.6) is 0 Å². The van der Waals surface area contributed by atoms with Gasteiger partial charge in [-0.1, -0.05) is 59.6 Å². The molecule has 5 nitrogen and oxygen atoms in total. The van der Waals surface area contributed by atoms with Gasteiger partial charge in [-0.2, -0.15) is 0 Å². The molecule has 1 aliphatic heterocycles. The van der Waals surface area contributed by atoms with Gasteiger partial charge in [0.15, 0.2) is 0 Å². The molecule has 2 N–H and O–H groups in total. The zero-order valence-corrected chi connectivity index (χ0v) is 17.0. The van der Waals surface area contributed by atoms with Crippen LogP contribution >= 0.6 is 23.2 Å². The molecule has 2 atom stereocenters. The van der Waals surface area contributed by atoms with Crippen molar-refractivity contribution in [3.05, 3.63) is 70.2 Å². The fourth-order valence-electron chi connectivity index (χ4n) is 4.00. The number of amides is 1. The summed E-state index contributed by atoms with van der Waals surface area (Å²) < 4.78 is 0. The Morgan fingerprint density at radius 2 is 1.83 bits per heavy atom. The third kappa shape index (κ3) is 3.52. The predicted molar refractivity (Wildman–Crippen MR) is 116 cm³/mol. The van der Waals surface area contributed by atoms with Crippen LogP contribution in [0.1, 0.15) is 24.9 Å². The normalized spacial score (nSPS) is 18.0. The first kappa shape index (κ1) is 19.6. The maximum absolute atomic E-state index is 12.8. The Morgan fingerprint density at radius 3 is 2.55 bits per heavy atom. The molecule has 1 amide bonds. The van der Waals surface area contributed by atoms with E-state index < -0.39 is 18.1 Å². The maximum atomic E-state index is 12.8. The second kappa shape index (κ2) is 7.58. The van der Waals surface area contributed by atoms with Gasteiger partial charge in [0, 0.05) is 40.0 Å². The fourth-order valence-corrected chi connectivity index (χ4v) is 4.62. The molecule has 0 radical (unpaired) electrons. The molecule has 3 aromatic carbocycles. The molecular formula is C22H18Cl2N2O3. The van der Waals surface area contributed by atoms with Gasteiger partial charge in [-0.05, 0) is 23.6 Å². The van der Waals surface area contributed by atoms with Crippen LogP contribution in [0.15, 0.2) is 54.6 Å². The largest absolute Gasteiger partial charge is 0.480 e. The van der Waals surface area contributed by atoms with E-state index in [1.165, 1.54) is 6.92 Å². The van der Waals surface area contributed by atoms with Gasteiger partial charge in [-0.15, -0.1) is 0 Å². The molecule has 0 spiro atoms.